The summed E-state index contributed by atoms with van der Waals surface area (Å²) in [6, 6.07) is 7.05. The fourth-order valence-corrected chi connectivity index (χ4v) is 2.99. The minimum Gasteiger partial charge on any atom is -0.379 e. The van der Waals surface area contributed by atoms with Crippen LogP contribution in [0.2, 0.25) is 10.0 Å². The van der Waals surface area contributed by atoms with Crippen LogP contribution in [0.15, 0.2) is 36.7 Å². The van der Waals surface area contributed by atoms with Crippen molar-refractivity contribution in [1.29, 1.82) is 0 Å². The number of hydrogen-bond donors (Lipinski definition) is 2. The second-order valence-corrected chi connectivity index (χ2v) is 6.68. The van der Waals surface area contributed by atoms with E-state index in [0.717, 1.165) is 32.8 Å². The summed E-state index contributed by atoms with van der Waals surface area (Å²) in [5.41, 5.74) is 1.80. The molecule has 1 fully saturated rings. The molecule has 0 spiro atoms. The largest absolute Gasteiger partial charge is 0.379 e. The van der Waals surface area contributed by atoms with Crippen LogP contribution in [-0.4, -0.2) is 55.2 Å². The molecule has 3 rings (SSSR count). The highest BCUT2D eigenvalue weighted by molar-refractivity contribution is 6.43. The van der Waals surface area contributed by atoms with Gasteiger partial charge in [-0.3, -0.25) is 14.7 Å². The fourth-order valence-electron chi connectivity index (χ4n) is 2.64. The molecule has 1 saturated heterocycles. The number of hydrogen-bond acceptors (Lipinski definition) is 5. The van der Waals surface area contributed by atoms with Crippen molar-refractivity contribution < 1.29 is 9.53 Å². The Kier molecular flexibility index (Phi) is 6.68. The summed E-state index contributed by atoms with van der Waals surface area (Å²) in [7, 11) is 0. The lowest BCUT2D eigenvalue weighted by molar-refractivity contribution is 0.0383. The molecule has 0 saturated carbocycles. The predicted molar refractivity (Wildman–Crippen MR) is 104 cm³/mol. The molecule has 6 nitrogen and oxygen atoms in total. The first-order valence-corrected chi connectivity index (χ1v) is 9.13. The molecule has 1 aromatic carbocycles. The number of halogens is 2. The zero-order valence-electron chi connectivity index (χ0n) is 14.2. The number of ether oxygens (including phenoxy) is 1. The summed E-state index contributed by atoms with van der Waals surface area (Å²) in [6.45, 7) is 4.68. The third-order valence-corrected chi connectivity index (χ3v) is 4.87. The van der Waals surface area contributed by atoms with E-state index in [1.54, 1.807) is 24.4 Å². The van der Waals surface area contributed by atoms with Gasteiger partial charge in [-0.05, 0) is 18.2 Å². The smallest absolute Gasteiger partial charge is 0.252 e. The molecule has 0 aliphatic carbocycles. The van der Waals surface area contributed by atoms with Crippen LogP contribution in [0, 0.1) is 0 Å². The van der Waals surface area contributed by atoms with Crippen molar-refractivity contribution in [2.45, 2.75) is 0 Å². The highest BCUT2D eigenvalue weighted by atomic mass is 35.5. The normalized spacial score (nSPS) is 14.8. The Balaban J connectivity index is 1.57. The summed E-state index contributed by atoms with van der Waals surface area (Å²) in [6.07, 6.45) is 3.16. The van der Waals surface area contributed by atoms with Crippen LogP contribution >= 0.6 is 23.2 Å². The van der Waals surface area contributed by atoms with E-state index in [4.69, 9.17) is 27.9 Å². The van der Waals surface area contributed by atoms with Crippen LogP contribution in [0.3, 0.4) is 0 Å². The van der Waals surface area contributed by atoms with E-state index in [9.17, 15) is 4.79 Å². The zero-order valence-corrected chi connectivity index (χ0v) is 15.7. The summed E-state index contributed by atoms with van der Waals surface area (Å²) in [5, 5.41) is 6.94. The van der Waals surface area contributed by atoms with E-state index in [0.29, 0.717) is 33.5 Å². The highest BCUT2D eigenvalue weighted by Crippen LogP contribution is 2.31. The first-order chi connectivity index (χ1) is 12.6. The third-order valence-electron chi connectivity index (χ3n) is 4.05. The molecule has 138 valence electrons. The fraction of sp³-hybridized carbons (Fsp3) is 0.333. The standard InChI is InChI=1S/C18H20Cl2N4O2/c19-15-2-1-3-16(17(15)20)23-14-10-13(11-21-12-14)18(25)22-4-5-24-6-8-26-9-7-24/h1-3,10-12,23H,4-9H2,(H,22,25). The van der Waals surface area contributed by atoms with Crippen LogP contribution in [0.1, 0.15) is 10.4 Å². The molecule has 0 bridgehead atoms. The van der Waals surface area contributed by atoms with E-state index in [1.165, 1.54) is 6.20 Å². The first kappa shape index (κ1) is 18.9. The van der Waals surface area contributed by atoms with Crippen molar-refractivity contribution in [3.8, 4) is 0 Å². The van der Waals surface area contributed by atoms with E-state index in [2.05, 4.69) is 20.5 Å². The second kappa shape index (κ2) is 9.19. The van der Waals surface area contributed by atoms with Gasteiger partial charge in [-0.15, -0.1) is 0 Å². The van der Waals surface area contributed by atoms with E-state index in [-0.39, 0.29) is 5.91 Å². The molecule has 1 aliphatic heterocycles. The molecule has 0 radical (unpaired) electrons. The Hall–Kier alpha value is -1.86. The zero-order chi connectivity index (χ0) is 18.4. The highest BCUT2D eigenvalue weighted by Gasteiger charge is 2.12. The summed E-state index contributed by atoms with van der Waals surface area (Å²) in [5.74, 6) is -0.161. The van der Waals surface area contributed by atoms with Gasteiger partial charge in [0.05, 0.1) is 46.4 Å². The number of pyridine rings is 1. The number of anilines is 2. The molecule has 8 heteroatoms. The van der Waals surface area contributed by atoms with E-state index < -0.39 is 0 Å². The lowest BCUT2D eigenvalue weighted by atomic mass is 10.2. The number of nitrogens with zero attached hydrogens (tertiary/aromatic N) is 2. The topological polar surface area (TPSA) is 66.5 Å². The van der Waals surface area contributed by atoms with Crippen LogP contribution in [0.5, 0.6) is 0 Å². The number of nitrogens with one attached hydrogen (secondary N) is 2. The van der Waals surface area contributed by atoms with Crippen LogP contribution in [0.4, 0.5) is 11.4 Å². The monoisotopic (exact) mass is 394 g/mol. The maximum absolute atomic E-state index is 12.3. The molecule has 1 amide bonds. The molecule has 2 heterocycles. The van der Waals surface area contributed by atoms with Crippen molar-refractivity contribution in [2.75, 3.05) is 44.7 Å². The van der Waals surface area contributed by atoms with Crippen LogP contribution < -0.4 is 10.6 Å². The van der Waals surface area contributed by atoms with Gasteiger partial charge in [-0.1, -0.05) is 29.3 Å². The molecular formula is C18H20Cl2N4O2. The van der Waals surface area contributed by atoms with E-state index >= 15 is 0 Å². The van der Waals surface area contributed by atoms with Gasteiger partial charge < -0.3 is 15.4 Å². The van der Waals surface area contributed by atoms with Gasteiger partial charge in [0.1, 0.15) is 0 Å². The number of amides is 1. The summed E-state index contributed by atoms with van der Waals surface area (Å²) >= 11 is 12.2. The van der Waals surface area contributed by atoms with Gasteiger partial charge in [0, 0.05) is 32.4 Å². The number of benzene rings is 1. The third kappa shape index (κ3) is 5.08. The quantitative estimate of drug-likeness (QED) is 0.787. The van der Waals surface area contributed by atoms with Gasteiger partial charge in [-0.2, -0.15) is 0 Å². The van der Waals surface area contributed by atoms with Crippen molar-refractivity contribution >= 4 is 40.5 Å². The maximum atomic E-state index is 12.3. The Morgan fingerprint density at radius 3 is 2.85 bits per heavy atom. The van der Waals surface area contributed by atoms with Crippen molar-refractivity contribution in [3.05, 3.63) is 52.3 Å². The number of rotatable bonds is 6. The molecule has 0 unspecified atom stereocenters. The minimum absolute atomic E-state index is 0.161. The number of carbonyl (C=O) groups is 1. The van der Waals surface area contributed by atoms with Crippen LogP contribution in [0.25, 0.3) is 0 Å². The Morgan fingerprint density at radius 2 is 2.04 bits per heavy atom. The molecular weight excluding hydrogens is 375 g/mol. The number of morpholine rings is 1. The average Bonchev–Trinajstić information content (AvgIpc) is 2.66. The lowest BCUT2D eigenvalue weighted by Crippen LogP contribution is -2.41. The van der Waals surface area contributed by atoms with Crippen molar-refractivity contribution in [1.82, 2.24) is 15.2 Å². The maximum Gasteiger partial charge on any atom is 0.252 e. The first-order valence-electron chi connectivity index (χ1n) is 8.38. The SMILES string of the molecule is O=C(NCCN1CCOCC1)c1cncc(Nc2cccc(Cl)c2Cl)c1. The van der Waals surface area contributed by atoms with Crippen LogP contribution in [-0.2, 0) is 4.74 Å². The second-order valence-electron chi connectivity index (χ2n) is 5.90. The predicted octanol–water partition coefficient (Wildman–Crippen LogP) is 3.19. The van der Waals surface area contributed by atoms with Gasteiger partial charge in [0.25, 0.3) is 5.91 Å². The lowest BCUT2D eigenvalue weighted by Gasteiger charge is -2.26. The molecule has 0 atom stereocenters. The number of carbonyl (C=O) groups excluding carboxylic acids is 1. The van der Waals surface area contributed by atoms with Crippen molar-refractivity contribution in [2.24, 2.45) is 0 Å². The van der Waals surface area contributed by atoms with Crippen molar-refractivity contribution in [3.63, 3.8) is 0 Å². The minimum atomic E-state index is -0.161. The molecule has 2 aromatic rings. The molecule has 2 N–H and O–H groups in total. The van der Waals surface area contributed by atoms with Gasteiger partial charge in [0.15, 0.2) is 0 Å². The Bertz CT molecular complexity index is 767. The number of aromatic nitrogens is 1. The van der Waals surface area contributed by atoms with Gasteiger partial charge >= 0.3 is 0 Å². The molecule has 1 aliphatic rings. The van der Waals surface area contributed by atoms with E-state index in [1.807, 2.05) is 6.07 Å². The van der Waals surface area contributed by atoms with Gasteiger partial charge in [0.2, 0.25) is 0 Å². The molecule has 1 aromatic heterocycles. The Labute approximate surface area is 162 Å². The summed E-state index contributed by atoms with van der Waals surface area (Å²) in [4.78, 5) is 18.7. The molecule has 26 heavy (non-hydrogen) atoms. The van der Waals surface area contributed by atoms with Gasteiger partial charge in [-0.25, -0.2) is 0 Å². The Morgan fingerprint density at radius 1 is 1.23 bits per heavy atom. The average molecular weight is 395 g/mol. The summed E-state index contributed by atoms with van der Waals surface area (Å²) < 4.78 is 5.31.